The van der Waals surface area contributed by atoms with Gasteiger partial charge >= 0.3 is 0 Å². The Kier molecular flexibility index (Phi) is 5.04. The summed E-state index contributed by atoms with van der Waals surface area (Å²) in [5.74, 6) is 1.54. The van der Waals surface area contributed by atoms with E-state index in [2.05, 4.69) is 20.2 Å². The van der Waals surface area contributed by atoms with Crippen LogP contribution >= 0.6 is 0 Å². The molecule has 0 spiro atoms. The first-order valence-electron chi connectivity index (χ1n) is 8.35. The Hall–Kier alpha value is -1.20. The van der Waals surface area contributed by atoms with Crippen LogP contribution in [-0.4, -0.2) is 41.7 Å². The van der Waals surface area contributed by atoms with Crippen LogP contribution in [0, 0.1) is 5.92 Å². The summed E-state index contributed by atoms with van der Waals surface area (Å²) in [6.45, 7) is 2.91. The number of nitrogens with two attached hydrogens (primary N) is 1. The molecule has 1 aliphatic heterocycles. The Morgan fingerprint density at radius 2 is 1.81 bits per heavy atom. The van der Waals surface area contributed by atoms with Gasteiger partial charge in [-0.3, -0.25) is 0 Å². The van der Waals surface area contributed by atoms with Gasteiger partial charge in [0.25, 0.3) is 0 Å². The maximum atomic E-state index is 5.93. The largest absolute Gasteiger partial charge is 0.341 e. The van der Waals surface area contributed by atoms with Gasteiger partial charge in [0.1, 0.15) is 0 Å². The molecule has 5 nitrogen and oxygen atoms in total. The van der Waals surface area contributed by atoms with Crippen LogP contribution in [0.25, 0.3) is 0 Å². The van der Waals surface area contributed by atoms with Crippen LogP contribution in [0.1, 0.15) is 38.5 Å². The van der Waals surface area contributed by atoms with Gasteiger partial charge in [-0.05, 0) is 44.2 Å². The van der Waals surface area contributed by atoms with Crippen molar-refractivity contribution in [3.05, 3.63) is 18.5 Å². The summed E-state index contributed by atoms with van der Waals surface area (Å²) < 4.78 is 0. The summed E-state index contributed by atoms with van der Waals surface area (Å²) in [6.07, 6.45) is 11.3. The molecular formula is C16H27N5. The van der Waals surface area contributed by atoms with Crippen LogP contribution in [0.15, 0.2) is 18.5 Å². The zero-order chi connectivity index (χ0) is 14.5. The van der Waals surface area contributed by atoms with Gasteiger partial charge in [-0.15, -0.1) is 0 Å². The third-order valence-corrected chi connectivity index (χ3v) is 4.99. The van der Waals surface area contributed by atoms with Gasteiger partial charge in [-0.1, -0.05) is 12.8 Å². The number of piperidine rings is 1. The average Bonchev–Trinajstić information content (AvgIpc) is 2.57. The molecule has 2 aliphatic rings. The van der Waals surface area contributed by atoms with E-state index in [0.29, 0.717) is 18.0 Å². The smallest absolute Gasteiger partial charge is 0.225 e. The minimum atomic E-state index is 0.627. The quantitative estimate of drug-likeness (QED) is 0.880. The first-order valence-corrected chi connectivity index (χ1v) is 8.35. The molecule has 21 heavy (non-hydrogen) atoms. The van der Waals surface area contributed by atoms with E-state index in [1.807, 2.05) is 18.5 Å². The molecular weight excluding hydrogens is 262 g/mol. The van der Waals surface area contributed by atoms with Crippen molar-refractivity contribution in [1.29, 1.82) is 0 Å². The fourth-order valence-electron chi connectivity index (χ4n) is 3.71. The fraction of sp³-hybridized carbons (Fsp3) is 0.750. The lowest BCUT2D eigenvalue weighted by molar-refractivity contribution is 0.234. The molecule has 2 fully saturated rings. The van der Waals surface area contributed by atoms with Crippen LogP contribution in [0.3, 0.4) is 0 Å². The van der Waals surface area contributed by atoms with Crippen molar-refractivity contribution in [2.75, 3.05) is 24.5 Å². The summed E-state index contributed by atoms with van der Waals surface area (Å²) in [5, 5.41) is 3.88. The van der Waals surface area contributed by atoms with Crippen LogP contribution in [-0.2, 0) is 0 Å². The molecule has 1 aliphatic carbocycles. The van der Waals surface area contributed by atoms with E-state index in [1.54, 1.807) is 0 Å². The molecule has 1 saturated heterocycles. The van der Waals surface area contributed by atoms with Crippen molar-refractivity contribution in [2.45, 2.75) is 50.6 Å². The summed E-state index contributed by atoms with van der Waals surface area (Å²) in [5.41, 5.74) is 5.93. The molecule has 2 unspecified atom stereocenters. The third-order valence-electron chi connectivity index (χ3n) is 4.99. The van der Waals surface area contributed by atoms with Gasteiger partial charge in [-0.2, -0.15) is 0 Å². The summed E-state index contributed by atoms with van der Waals surface area (Å²) in [4.78, 5) is 11.0. The van der Waals surface area contributed by atoms with Crippen molar-refractivity contribution >= 4 is 5.95 Å². The minimum Gasteiger partial charge on any atom is -0.341 e. The summed E-state index contributed by atoms with van der Waals surface area (Å²) in [6, 6.07) is 3.13. The van der Waals surface area contributed by atoms with E-state index in [-0.39, 0.29) is 0 Å². The van der Waals surface area contributed by atoms with Gasteiger partial charge in [0.2, 0.25) is 5.95 Å². The monoisotopic (exact) mass is 289 g/mol. The van der Waals surface area contributed by atoms with Crippen LogP contribution in [0.4, 0.5) is 5.95 Å². The van der Waals surface area contributed by atoms with Gasteiger partial charge in [-0.25, -0.2) is 9.97 Å². The number of aromatic nitrogens is 2. The third kappa shape index (κ3) is 3.71. The molecule has 0 aromatic carbocycles. The minimum absolute atomic E-state index is 0.627. The molecule has 0 radical (unpaired) electrons. The molecule has 1 aromatic rings. The SMILES string of the molecule is NCC1CCCCC1NC1CCN(c2ncccn2)CC1. The Balaban J connectivity index is 1.49. The van der Waals surface area contributed by atoms with Gasteiger partial charge in [0.15, 0.2) is 0 Å². The van der Waals surface area contributed by atoms with E-state index >= 15 is 0 Å². The highest BCUT2D eigenvalue weighted by Crippen LogP contribution is 2.25. The Morgan fingerprint density at radius 1 is 1.10 bits per heavy atom. The number of nitrogens with one attached hydrogen (secondary N) is 1. The second kappa shape index (κ2) is 7.18. The number of anilines is 1. The highest BCUT2D eigenvalue weighted by molar-refractivity contribution is 5.29. The number of nitrogens with zero attached hydrogens (tertiary/aromatic N) is 3. The highest BCUT2D eigenvalue weighted by atomic mass is 15.3. The standard InChI is InChI=1S/C16H27N5/c17-12-13-4-1-2-5-15(13)20-14-6-10-21(11-7-14)16-18-8-3-9-19-16/h3,8-9,13-15,20H,1-2,4-7,10-12,17H2. The van der Waals surface area contributed by atoms with E-state index in [0.717, 1.165) is 25.6 Å². The molecule has 0 bridgehead atoms. The molecule has 3 N–H and O–H groups in total. The lowest BCUT2D eigenvalue weighted by Crippen LogP contribution is -2.50. The van der Waals surface area contributed by atoms with E-state index in [1.165, 1.54) is 38.5 Å². The first-order chi connectivity index (χ1) is 10.4. The van der Waals surface area contributed by atoms with Crippen molar-refractivity contribution in [2.24, 2.45) is 11.7 Å². The lowest BCUT2D eigenvalue weighted by atomic mass is 9.83. The molecule has 1 saturated carbocycles. The number of hydrogen-bond acceptors (Lipinski definition) is 5. The first kappa shape index (κ1) is 14.7. The van der Waals surface area contributed by atoms with Gasteiger partial charge in [0, 0.05) is 37.6 Å². The summed E-state index contributed by atoms with van der Waals surface area (Å²) in [7, 11) is 0. The van der Waals surface area contributed by atoms with Crippen LogP contribution in [0.5, 0.6) is 0 Å². The maximum absolute atomic E-state index is 5.93. The average molecular weight is 289 g/mol. The molecule has 2 heterocycles. The second-order valence-corrected chi connectivity index (χ2v) is 6.36. The van der Waals surface area contributed by atoms with Crippen molar-refractivity contribution in [3.8, 4) is 0 Å². The Labute approximate surface area is 127 Å². The number of rotatable bonds is 4. The maximum Gasteiger partial charge on any atom is 0.225 e. The van der Waals surface area contributed by atoms with Crippen molar-refractivity contribution in [3.63, 3.8) is 0 Å². The lowest BCUT2D eigenvalue weighted by Gasteiger charge is -2.38. The normalized spacial score (nSPS) is 27.8. The Morgan fingerprint density at radius 3 is 2.52 bits per heavy atom. The van der Waals surface area contributed by atoms with Crippen LogP contribution in [0.2, 0.25) is 0 Å². The molecule has 0 amide bonds. The predicted octanol–water partition coefficient (Wildman–Crippen LogP) is 1.55. The molecule has 3 rings (SSSR count). The molecule has 1 aromatic heterocycles. The molecule has 5 heteroatoms. The zero-order valence-electron chi connectivity index (χ0n) is 12.7. The Bertz CT molecular complexity index is 416. The van der Waals surface area contributed by atoms with Crippen molar-refractivity contribution < 1.29 is 0 Å². The van der Waals surface area contributed by atoms with Gasteiger partial charge in [0.05, 0.1) is 0 Å². The van der Waals surface area contributed by atoms with Crippen LogP contribution < -0.4 is 16.0 Å². The topological polar surface area (TPSA) is 67.1 Å². The zero-order valence-corrected chi connectivity index (χ0v) is 12.7. The van der Waals surface area contributed by atoms with Crippen molar-refractivity contribution in [1.82, 2.24) is 15.3 Å². The number of hydrogen-bond donors (Lipinski definition) is 2. The van der Waals surface area contributed by atoms with E-state index in [4.69, 9.17) is 5.73 Å². The van der Waals surface area contributed by atoms with E-state index in [9.17, 15) is 0 Å². The second-order valence-electron chi connectivity index (χ2n) is 6.36. The predicted molar refractivity (Wildman–Crippen MR) is 85.2 cm³/mol. The fourth-order valence-corrected chi connectivity index (χ4v) is 3.71. The van der Waals surface area contributed by atoms with E-state index < -0.39 is 0 Å². The summed E-state index contributed by atoms with van der Waals surface area (Å²) >= 11 is 0. The molecule has 116 valence electrons. The highest BCUT2D eigenvalue weighted by Gasteiger charge is 2.28. The molecule has 2 atom stereocenters. The van der Waals surface area contributed by atoms with Gasteiger partial charge < -0.3 is 16.0 Å².